The molecule has 0 bridgehead atoms. The average Bonchev–Trinajstić information content (AvgIpc) is 2.93. The minimum absolute atomic E-state index is 0.0165. The van der Waals surface area contributed by atoms with E-state index in [0.717, 1.165) is 10.7 Å². The summed E-state index contributed by atoms with van der Waals surface area (Å²) in [5.41, 5.74) is 0.190. The molecule has 0 saturated carbocycles. The zero-order valence-electron chi connectivity index (χ0n) is 11.5. The lowest BCUT2D eigenvalue weighted by Crippen LogP contribution is -2.63. The second-order valence-electron chi connectivity index (χ2n) is 5.38. The molecule has 0 spiro atoms. The molecule has 3 heterocycles. The number of carboxylic acid groups (broad SMARTS) is 1. The molecule has 1 N–H and O–H groups in total. The summed E-state index contributed by atoms with van der Waals surface area (Å²) in [6.07, 6.45) is 4.01. The third-order valence-corrected chi connectivity index (χ3v) is 4.19. The summed E-state index contributed by atoms with van der Waals surface area (Å²) in [6, 6.07) is 0. The van der Waals surface area contributed by atoms with Crippen molar-refractivity contribution >= 4 is 28.2 Å². The molecule has 2 aromatic heterocycles. The van der Waals surface area contributed by atoms with Gasteiger partial charge in [-0.25, -0.2) is 9.78 Å². The molecule has 1 fully saturated rings. The number of rotatable bonds is 5. The first-order valence-electron chi connectivity index (χ1n) is 6.50. The average molecular weight is 309 g/mol. The van der Waals surface area contributed by atoms with Crippen molar-refractivity contribution < 1.29 is 19.4 Å². The van der Waals surface area contributed by atoms with E-state index in [4.69, 9.17) is 9.84 Å². The highest BCUT2D eigenvalue weighted by Crippen LogP contribution is 2.25. The van der Waals surface area contributed by atoms with E-state index in [1.807, 2.05) is 29.1 Å². The summed E-state index contributed by atoms with van der Waals surface area (Å²) in [5, 5.41) is 10.5. The number of carbonyl (C=O) groups excluding carboxylic acids is 1. The highest BCUT2D eigenvalue weighted by atomic mass is 32.1. The molecule has 3 rings (SSSR count). The van der Waals surface area contributed by atoms with Gasteiger partial charge in [-0.1, -0.05) is 0 Å². The molecule has 2 aromatic rings. The van der Waals surface area contributed by atoms with Crippen LogP contribution in [0.5, 0.6) is 0 Å². The summed E-state index contributed by atoms with van der Waals surface area (Å²) >= 11 is 1.52. The molecule has 8 heteroatoms. The number of aromatic nitrogens is 2. The highest BCUT2D eigenvalue weighted by Gasteiger charge is 2.42. The number of carbonyl (C=O) groups is 2. The number of nitrogens with zero attached hydrogens (tertiary/aromatic N) is 3. The maximum atomic E-state index is 12.1. The molecule has 21 heavy (non-hydrogen) atoms. The smallest absolute Gasteiger partial charge is 0.329 e. The van der Waals surface area contributed by atoms with Gasteiger partial charge >= 0.3 is 5.97 Å². The number of ether oxygens (including phenoxy) is 1. The number of carboxylic acids is 1. The van der Waals surface area contributed by atoms with Crippen molar-refractivity contribution in [3.63, 3.8) is 0 Å². The fourth-order valence-electron chi connectivity index (χ4n) is 2.39. The first-order valence-corrected chi connectivity index (χ1v) is 7.38. The Morgan fingerprint density at radius 3 is 2.95 bits per heavy atom. The molecule has 0 aliphatic carbocycles. The Morgan fingerprint density at radius 2 is 2.29 bits per heavy atom. The predicted octanol–water partition coefficient (Wildman–Crippen LogP) is 0.640. The first-order chi connectivity index (χ1) is 9.95. The minimum Gasteiger partial charge on any atom is -0.480 e. The molecule has 1 aliphatic rings. The number of hydrogen-bond acceptors (Lipinski definition) is 5. The SMILES string of the molecule is CC1(OCC(=O)O)CN(C(=O)Cc2cn3ccsc3n2)C1. The van der Waals surface area contributed by atoms with Crippen LogP contribution in [0.4, 0.5) is 0 Å². The third-order valence-electron chi connectivity index (χ3n) is 3.42. The minimum atomic E-state index is -1.00. The molecular weight excluding hydrogens is 294 g/mol. The normalized spacial score (nSPS) is 16.9. The molecular formula is C13H15N3O4S. The molecule has 0 radical (unpaired) electrons. The molecule has 0 aromatic carbocycles. The number of aliphatic carboxylic acids is 1. The number of thiazole rings is 1. The van der Waals surface area contributed by atoms with Gasteiger partial charge in [0.05, 0.1) is 25.2 Å². The van der Waals surface area contributed by atoms with Crippen LogP contribution in [-0.2, 0) is 20.7 Å². The lowest BCUT2D eigenvalue weighted by molar-refractivity contribution is -0.172. The van der Waals surface area contributed by atoms with Gasteiger partial charge in [0.25, 0.3) is 0 Å². The van der Waals surface area contributed by atoms with Crippen LogP contribution >= 0.6 is 11.3 Å². The van der Waals surface area contributed by atoms with Crippen LogP contribution in [0.15, 0.2) is 17.8 Å². The van der Waals surface area contributed by atoms with Crippen LogP contribution in [0.3, 0.4) is 0 Å². The number of hydrogen-bond donors (Lipinski definition) is 1. The van der Waals surface area contributed by atoms with Gasteiger partial charge in [-0.15, -0.1) is 11.3 Å². The van der Waals surface area contributed by atoms with Crippen molar-refractivity contribution in [2.24, 2.45) is 0 Å². The molecule has 1 amide bonds. The van der Waals surface area contributed by atoms with Crippen molar-refractivity contribution in [3.8, 4) is 0 Å². The van der Waals surface area contributed by atoms with E-state index in [1.165, 1.54) is 11.3 Å². The van der Waals surface area contributed by atoms with Gasteiger partial charge in [-0.2, -0.15) is 0 Å². The predicted molar refractivity (Wildman–Crippen MR) is 75.3 cm³/mol. The zero-order chi connectivity index (χ0) is 15.0. The fourth-order valence-corrected chi connectivity index (χ4v) is 3.11. The number of likely N-dealkylation sites (tertiary alicyclic amines) is 1. The van der Waals surface area contributed by atoms with Crippen LogP contribution in [0.1, 0.15) is 12.6 Å². The van der Waals surface area contributed by atoms with Crippen molar-refractivity contribution in [1.29, 1.82) is 0 Å². The van der Waals surface area contributed by atoms with E-state index >= 15 is 0 Å². The molecule has 112 valence electrons. The molecule has 7 nitrogen and oxygen atoms in total. The summed E-state index contributed by atoms with van der Waals surface area (Å²) < 4.78 is 7.17. The van der Waals surface area contributed by atoms with Crippen molar-refractivity contribution in [3.05, 3.63) is 23.5 Å². The van der Waals surface area contributed by atoms with Gasteiger partial charge in [-0.3, -0.25) is 9.20 Å². The molecule has 1 saturated heterocycles. The van der Waals surface area contributed by atoms with Crippen LogP contribution in [0.25, 0.3) is 4.96 Å². The van der Waals surface area contributed by atoms with E-state index < -0.39 is 11.6 Å². The second-order valence-corrected chi connectivity index (χ2v) is 6.26. The van der Waals surface area contributed by atoms with Crippen LogP contribution in [0, 0.1) is 0 Å². The Morgan fingerprint density at radius 1 is 1.52 bits per heavy atom. The van der Waals surface area contributed by atoms with Crippen molar-refractivity contribution in [1.82, 2.24) is 14.3 Å². The van der Waals surface area contributed by atoms with Gasteiger partial charge in [0.2, 0.25) is 5.91 Å². The van der Waals surface area contributed by atoms with E-state index in [2.05, 4.69) is 4.98 Å². The Kier molecular flexibility index (Phi) is 3.42. The Balaban J connectivity index is 1.53. The van der Waals surface area contributed by atoms with Gasteiger partial charge in [0, 0.05) is 17.8 Å². The van der Waals surface area contributed by atoms with Crippen molar-refractivity contribution in [2.75, 3.05) is 19.7 Å². The number of amides is 1. The van der Waals surface area contributed by atoms with E-state index in [-0.39, 0.29) is 18.9 Å². The van der Waals surface area contributed by atoms with Gasteiger partial charge in [0.15, 0.2) is 4.96 Å². The van der Waals surface area contributed by atoms with E-state index in [1.54, 1.807) is 4.90 Å². The largest absolute Gasteiger partial charge is 0.480 e. The quantitative estimate of drug-likeness (QED) is 0.876. The summed E-state index contributed by atoms with van der Waals surface area (Å²) in [4.78, 5) is 29.5. The Labute approximate surface area is 124 Å². The topological polar surface area (TPSA) is 84.1 Å². The van der Waals surface area contributed by atoms with Crippen LogP contribution < -0.4 is 0 Å². The lowest BCUT2D eigenvalue weighted by Gasteiger charge is -2.47. The maximum Gasteiger partial charge on any atom is 0.329 e. The monoisotopic (exact) mass is 309 g/mol. The zero-order valence-corrected chi connectivity index (χ0v) is 12.3. The third kappa shape index (κ3) is 2.91. The van der Waals surface area contributed by atoms with Gasteiger partial charge < -0.3 is 14.7 Å². The Hall–Kier alpha value is -1.93. The summed E-state index contributed by atoms with van der Waals surface area (Å²) in [5.74, 6) is -1.02. The maximum absolute atomic E-state index is 12.1. The highest BCUT2D eigenvalue weighted by molar-refractivity contribution is 7.15. The molecule has 1 aliphatic heterocycles. The number of fused-ring (bicyclic) bond motifs is 1. The molecule has 0 unspecified atom stereocenters. The van der Waals surface area contributed by atoms with E-state index in [0.29, 0.717) is 13.1 Å². The first kappa shape index (κ1) is 14.0. The van der Waals surface area contributed by atoms with Gasteiger partial charge in [0.1, 0.15) is 12.2 Å². The lowest BCUT2D eigenvalue weighted by atomic mass is 9.96. The second kappa shape index (κ2) is 5.12. The van der Waals surface area contributed by atoms with E-state index in [9.17, 15) is 9.59 Å². The van der Waals surface area contributed by atoms with Crippen molar-refractivity contribution in [2.45, 2.75) is 18.9 Å². The van der Waals surface area contributed by atoms with Crippen LogP contribution in [-0.4, -0.2) is 56.6 Å². The fraction of sp³-hybridized carbons (Fsp3) is 0.462. The Bertz CT molecular complexity index is 658. The van der Waals surface area contributed by atoms with Crippen LogP contribution in [0.2, 0.25) is 0 Å². The van der Waals surface area contributed by atoms with Gasteiger partial charge in [-0.05, 0) is 6.92 Å². The number of imidazole rings is 1. The standard InChI is InChI=1S/C13H15N3O4S/c1-13(20-6-11(18)19)7-16(8-13)10(17)4-9-5-15-2-3-21-12(15)14-9/h2-3,5H,4,6-8H2,1H3,(H,18,19). The summed E-state index contributed by atoms with van der Waals surface area (Å²) in [6.45, 7) is 2.31. The molecule has 0 atom stereocenters. The summed E-state index contributed by atoms with van der Waals surface area (Å²) in [7, 11) is 0.